The Morgan fingerprint density at radius 3 is 1.95 bits per heavy atom. The first-order chi connectivity index (χ1) is 8.72. The van der Waals surface area contributed by atoms with Gasteiger partial charge in [0.15, 0.2) is 0 Å². The largest absolute Gasteiger partial charge is 0.312 e. The van der Waals surface area contributed by atoms with Crippen molar-refractivity contribution >= 4 is 0 Å². The van der Waals surface area contributed by atoms with Crippen LogP contribution in [0.2, 0.25) is 0 Å². The van der Waals surface area contributed by atoms with E-state index in [1.54, 1.807) is 0 Å². The number of nitrogens with one attached hydrogen (secondary N) is 1. The maximum absolute atomic E-state index is 3.56. The molecule has 0 aromatic heterocycles. The summed E-state index contributed by atoms with van der Waals surface area (Å²) in [5.74, 6) is 0.776. The molecule has 0 unspecified atom stereocenters. The van der Waals surface area contributed by atoms with Gasteiger partial charge in [0.05, 0.1) is 0 Å². The monoisotopic (exact) mass is 270 g/mol. The molecule has 0 bridgehead atoms. The second-order valence-electron chi connectivity index (χ2n) is 7.57. The van der Waals surface area contributed by atoms with Crippen LogP contribution >= 0.6 is 0 Å². The van der Waals surface area contributed by atoms with Crippen molar-refractivity contribution in [3.63, 3.8) is 0 Å². The van der Waals surface area contributed by atoms with Gasteiger partial charge in [-0.3, -0.25) is 0 Å². The van der Waals surface area contributed by atoms with Crippen LogP contribution in [-0.2, 0) is 0 Å². The fourth-order valence-corrected chi connectivity index (χ4v) is 2.29. The predicted octanol–water partition coefficient (Wildman–Crippen LogP) is 4.30. The normalized spacial score (nSPS) is 12.9. The van der Waals surface area contributed by atoms with Gasteiger partial charge in [-0.15, -0.1) is 0 Å². The molecule has 0 spiro atoms. The Hall–Kier alpha value is -0.0800. The summed E-state index contributed by atoms with van der Waals surface area (Å²) in [5, 5.41) is 3.56. The van der Waals surface area contributed by atoms with Crippen molar-refractivity contribution in [3.8, 4) is 0 Å². The smallest absolute Gasteiger partial charge is 0.00965 e. The molecule has 0 rings (SSSR count). The van der Waals surface area contributed by atoms with E-state index in [4.69, 9.17) is 0 Å². The third-order valence-corrected chi connectivity index (χ3v) is 3.36. The van der Waals surface area contributed by atoms with Crippen LogP contribution in [0.15, 0.2) is 0 Å². The summed E-state index contributed by atoms with van der Waals surface area (Å²) in [7, 11) is 0. The van der Waals surface area contributed by atoms with E-state index in [-0.39, 0.29) is 5.54 Å². The third-order valence-electron chi connectivity index (χ3n) is 3.36. The van der Waals surface area contributed by atoms with E-state index in [1.165, 1.54) is 38.8 Å². The van der Waals surface area contributed by atoms with Gasteiger partial charge in [-0.1, -0.05) is 26.7 Å². The maximum Gasteiger partial charge on any atom is 0.00965 e. The van der Waals surface area contributed by atoms with Crippen molar-refractivity contribution in [1.82, 2.24) is 10.2 Å². The van der Waals surface area contributed by atoms with Crippen LogP contribution in [0.1, 0.15) is 74.1 Å². The zero-order valence-electron chi connectivity index (χ0n) is 14.6. The van der Waals surface area contributed by atoms with Crippen LogP contribution in [0.5, 0.6) is 0 Å². The molecule has 2 heteroatoms. The Morgan fingerprint density at radius 2 is 1.47 bits per heavy atom. The molecular weight excluding hydrogens is 232 g/mol. The lowest BCUT2D eigenvalue weighted by Crippen LogP contribution is -2.36. The van der Waals surface area contributed by atoms with Crippen molar-refractivity contribution in [3.05, 3.63) is 0 Å². The van der Waals surface area contributed by atoms with Gasteiger partial charge in [-0.25, -0.2) is 0 Å². The molecule has 19 heavy (non-hydrogen) atoms. The van der Waals surface area contributed by atoms with Gasteiger partial charge < -0.3 is 10.2 Å². The average Bonchev–Trinajstić information content (AvgIpc) is 2.23. The van der Waals surface area contributed by atoms with Gasteiger partial charge in [0.25, 0.3) is 0 Å². The lowest BCUT2D eigenvalue weighted by atomic mass is 10.1. The van der Waals surface area contributed by atoms with E-state index in [0.717, 1.165) is 12.5 Å². The minimum atomic E-state index is 0.270. The summed E-state index contributed by atoms with van der Waals surface area (Å²) in [5.41, 5.74) is 0.270. The second-order valence-corrected chi connectivity index (χ2v) is 7.57. The molecule has 0 amide bonds. The molecule has 0 atom stereocenters. The van der Waals surface area contributed by atoms with Crippen LogP contribution in [0.3, 0.4) is 0 Å². The summed E-state index contributed by atoms with van der Waals surface area (Å²) in [6, 6.07) is 0.685. The van der Waals surface area contributed by atoms with E-state index in [9.17, 15) is 0 Å². The maximum atomic E-state index is 3.56. The molecule has 0 aliphatic carbocycles. The van der Waals surface area contributed by atoms with Gasteiger partial charge in [-0.05, 0) is 66.5 Å². The number of nitrogens with zero attached hydrogens (tertiary/aromatic N) is 1. The van der Waals surface area contributed by atoms with Crippen molar-refractivity contribution in [2.45, 2.75) is 85.7 Å². The molecule has 0 fully saturated rings. The summed E-state index contributed by atoms with van der Waals surface area (Å²) < 4.78 is 0. The summed E-state index contributed by atoms with van der Waals surface area (Å²) in [4.78, 5) is 2.62. The first kappa shape index (κ1) is 18.9. The molecule has 0 aliphatic heterocycles. The molecule has 0 radical (unpaired) electrons. The highest BCUT2D eigenvalue weighted by molar-refractivity contribution is 4.70. The Morgan fingerprint density at radius 1 is 0.895 bits per heavy atom. The Bertz CT molecular complexity index is 204. The third kappa shape index (κ3) is 12.7. The van der Waals surface area contributed by atoms with Crippen molar-refractivity contribution in [2.24, 2.45) is 5.92 Å². The van der Waals surface area contributed by atoms with E-state index in [2.05, 4.69) is 58.7 Å². The highest BCUT2D eigenvalue weighted by Gasteiger charge is 2.10. The van der Waals surface area contributed by atoms with Crippen molar-refractivity contribution in [1.29, 1.82) is 0 Å². The topological polar surface area (TPSA) is 15.3 Å². The number of hydrogen-bond donors (Lipinski definition) is 1. The molecule has 0 heterocycles. The summed E-state index contributed by atoms with van der Waals surface area (Å²) in [6.07, 6.45) is 5.38. The van der Waals surface area contributed by atoms with Gasteiger partial charge in [0.2, 0.25) is 0 Å². The quantitative estimate of drug-likeness (QED) is 0.595. The molecule has 1 N–H and O–H groups in total. The zero-order valence-corrected chi connectivity index (χ0v) is 14.6. The molecule has 0 saturated heterocycles. The fraction of sp³-hybridized carbons (Fsp3) is 1.00. The Labute approximate surface area is 122 Å². The minimum Gasteiger partial charge on any atom is -0.312 e. The molecule has 116 valence electrons. The zero-order chi connectivity index (χ0) is 14.9. The SMILES string of the molecule is CC(C)CN(CCCCCCNC(C)(C)C)C(C)C. The van der Waals surface area contributed by atoms with Gasteiger partial charge >= 0.3 is 0 Å². The van der Waals surface area contributed by atoms with Gasteiger partial charge in [0.1, 0.15) is 0 Å². The number of unbranched alkanes of at least 4 members (excludes halogenated alkanes) is 3. The molecule has 0 aromatic carbocycles. The minimum absolute atomic E-state index is 0.270. The molecule has 0 aromatic rings. The van der Waals surface area contributed by atoms with E-state index in [0.29, 0.717) is 6.04 Å². The lowest BCUT2D eigenvalue weighted by Gasteiger charge is -2.28. The van der Waals surface area contributed by atoms with Crippen LogP contribution in [0.25, 0.3) is 0 Å². The van der Waals surface area contributed by atoms with Crippen LogP contribution in [0.4, 0.5) is 0 Å². The van der Waals surface area contributed by atoms with E-state index < -0.39 is 0 Å². The number of hydrogen-bond acceptors (Lipinski definition) is 2. The number of rotatable bonds is 10. The van der Waals surface area contributed by atoms with Crippen molar-refractivity contribution in [2.75, 3.05) is 19.6 Å². The standard InChI is InChI=1S/C17H38N2/c1-15(2)14-19(16(3)4)13-11-9-8-10-12-18-17(5,6)7/h15-16,18H,8-14H2,1-7H3. The van der Waals surface area contributed by atoms with Gasteiger partial charge in [-0.2, -0.15) is 0 Å². The summed E-state index contributed by atoms with van der Waals surface area (Å²) in [6.45, 7) is 19.6. The van der Waals surface area contributed by atoms with Gasteiger partial charge in [0, 0.05) is 18.1 Å². The Balaban J connectivity index is 3.55. The lowest BCUT2D eigenvalue weighted by molar-refractivity contribution is 0.193. The molecule has 2 nitrogen and oxygen atoms in total. The molecule has 0 saturated carbocycles. The van der Waals surface area contributed by atoms with Crippen LogP contribution in [-0.4, -0.2) is 36.1 Å². The van der Waals surface area contributed by atoms with E-state index in [1.807, 2.05) is 0 Å². The first-order valence-corrected chi connectivity index (χ1v) is 8.21. The first-order valence-electron chi connectivity index (χ1n) is 8.21. The fourth-order valence-electron chi connectivity index (χ4n) is 2.29. The highest BCUT2D eigenvalue weighted by atomic mass is 15.1. The van der Waals surface area contributed by atoms with Crippen LogP contribution < -0.4 is 5.32 Å². The highest BCUT2D eigenvalue weighted by Crippen LogP contribution is 2.08. The predicted molar refractivity (Wildman–Crippen MR) is 87.8 cm³/mol. The summed E-state index contributed by atoms with van der Waals surface area (Å²) >= 11 is 0. The average molecular weight is 271 g/mol. The van der Waals surface area contributed by atoms with E-state index >= 15 is 0 Å². The Kier molecular flexibility index (Phi) is 9.72. The second kappa shape index (κ2) is 9.77. The van der Waals surface area contributed by atoms with Crippen LogP contribution in [0, 0.1) is 5.92 Å². The molecule has 0 aliphatic rings. The molecular formula is C17H38N2. The van der Waals surface area contributed by atoms with Crippen molar-refractivity contribution < 1.29 is 0 Å².